The maximum atomic E-state index is 13.6. The van der Waals surface area contributed by atoms with E-state index in [0.717, 1.165) is 57.2 Å². The Balaban J connectivity index is 1.37. The van der Waals surface area contributed by atoms with Crippen LogP contribution in [0.3, 0.4) is 0 Å². The van der Waals surface area contributed by atoms with Crippen molar-refractivity contribution in [3.63, 3.8) is 0 Å². The number of sulfonamides is 1. The number of H-pyrrole nitrogens is 1. The molecule has 2 aromatic heterocycles. The summed E-state index contributed by atoms with van der Waals surface area (Å²) >= 11 is 0. The SMILES string of the molecule is CCOc1ccc(S(=O)(=O)Nc2ccc(OC)c(OC3CCCC3)c2)cc1-c1nn2c(C3CCCC3)nc(C)c2c(=O)[nH]1. The van der Waals surface area contributed by atoms with Crippen LogP contribution in [0.25, 0.3) is 16.9 Å². The number of nitrogens with zero attached hydrogens (tertiary/aromatic N) is 3. The van der Waals surface area contributed by atoms with Crippen molar-refractivity contribution in [1.82, 2.24) is 19.6 Å². The Morgan fingerprint density at radius 1 is 1.00 bits per heavy atom. The van der Waals surface area contributed by atoms with Crippen LogP contribution < -0.4 is 24.5 Å². The topological polar surface area (TPSA) is 137 Å². The van der Waals surface area contributed by atoms with E-state index in [0.29, 0.717) is 46.3 Å². The second-order valence-electron chi connectivity index (χ2n) is 11.2. The number of rotatable bonds is 10. The van der Waals surface area contributed by atoms with Gasteiger partial charge in [-0.2, -0.15) is 0 Å². The Hall–Kier alpha value is -4.06. The van der Waals surface area contributed by atoms with Crippen molar-refractivity contribution in [3.8, 4) is 28.6 Å². The van der Waals surface area contributed by atoms with Gasteiger partial charge in [0.15, 0.2) is 22.8 Å². The van der Waals surface area contributed by atoms with Gasteiger partial charge in [0.2, 0.25) is 0 Å². The number of aromatic nitrogens is 4. The maximum absolute atomic E-state index is 13.6. The summed E-state index contributed by atoms with van der Waals surface area (Å²) in [6.45, 7) is 3.98. The molecule has 2 heterocycles. The van der Waals surface area contributed by atoms with E-state index < -0.39 is 10.0 Å². The predicted molar refractivity (Wildman–Crippen MR) is 163 cm³/mol. The lowest BCUT2D eigenvalue weighted by molar-refractivity contribution is 0.201. The number of imidazole rings is 1. The highest BCUT2D eigenvalue weighted by Crippen LogP contribution is 2.37. The molecule has 0 bridgehead atoms. The molecule has 0 saturated heterocycles. The number of benzene rings is 2. The summed E-state index contributed by atoms with van der Waals surface area (Å²) in [5, 5.41) is 4.77. The van der Waals surface area contributed by atoms with E-state index in [4.69, 9.17) is 24.3 Å². The third-order valence-electron chi connectivity index (χ3n) is 8.25. The van der Waals surface area contributed by atoms with Crippen molar-refractivity contribution in [2.75, 3.05) is 18.4 Å². The highest BCUT2D eigenvalue weighted by atomic mass is 32.2. The van der Waals surface area contributed by atoms with Crippen molar-refractivity contribution in [1.29, 1.82) is 0 Å². The van der Waals surface area contributed by atoms with Gasteiger partial charge in [-0.25, -0.2) is 17.9 Å². The molecule has 0 atom stereocenters. The summed E-state index contributed by atoms with van der Waals surface area (Å²) in [7, 11) is -2.49. The monoisotopic (exact) mass is 607 g/mol. The van der Waals surface area contributed by atoms with E-state index in [1.807, 2.05) is 6.92 Å². The van der Waals surface area contributed by atoms with Crippen LogP contribution in [0.2, 0.25) is 0 Å². The lowest BCUT2D eigenvalue weighted by Crippen LogP contribution is -2.17. The van der Waals surface area contributed by atoms with Gasteiger partial charge in [0.25, 0.3) is 15.6 Å². The standard InChI is InChI=1S/C31H37N5O6S/c1-4-41-25-16-14-23(43(38,39)35-21-13-15-26(40-3)27(17-21)42-22-11-7-8-12-22)18-24(25)29-33-31(37)28-19(2)32-30(36(28)34-29)20-9-5-6-10-20/h13-18,20,22,35H,4-12H2,1-3H3,(H,33,34,37). The van der Waals surface area contributed by atoms with Gasteiger partial charge in [-0.3, -0.25) is 9.52 Å². The first-order valence-corrected chi connectivity index (χ1v) is 16.4. The van der Waals surface area contributed by atoms with Crippen LogP contribution in [-0.2, 0) is 10.0 Å². The number of anilines is 1. The highest BCUT2D eigenvalue weighted by molar-refractivity contribution is 7.92. The second kappa shape index (κ2) is 11.9. The molecule has 2 saturated carbocycles. The number of fused-ring (bicyclic) bond motifs is 1. The molecule has 43 heavy (non-hydrogen) atoms. The van der Waals surface area contributed by atoms with Gasteiger partial charge in [-0.1, -0.05) is 12.8 Å². The fourth-order valence-corrected chi connectivity index (χ4v) is 7.21. The first kappa shape index (κ1) is 29.0. The molecule has 2 aromatic carbocycles. The molecule has 11 nitrogen and oxygen atoms in total. The van der Waals surface area contributed by atoms with E-state index in [-0.39, 0.29) is 28.3 Å². The smallest absolute Gasteiger partial charge is 0.277 e. The first-order valence-electron chi connectivity index (χ1n) is 14.9. The number of aryl methyl sites for hydroxylation is 1. The van der Waals surface area contributed by atoms with Gasteiger partial charge in [0.1, 0.15) is 11.6 Å². The summed E-state index contributed by atoms with van der Waals surface area (Å²) in [6.07, 6.45) is 8.40. The Morgan fingerprint density at radius 3 is 2.44 bits per heavy atom. The van der Waals surface area contributed by atoms with Crippen LogP contribution in [0.1, 0.15) is 75.7 Å². The molecule has 2 fully saturated rings. The molecule has 2 aliphatic carbocycles. The summed E-state index contributed by atoms with van der Waals surface area (Å²) in [6, 6.07) is 9.48. The molecule has 228 valence electrons. The van der Waals surface area contributed by atoms with Gasteiger partial charge in [-0.15, -0.1) is 5.10 Å². The minimum Gasteiger partial charge on any atom is -0.493 e. The maximum Gasteiger partial charge on any atom is 0.277 e. The van der Waals surface area contributed by atoms with Crippen molar-refractivity contribution in [2.24, 2.45) is 0 Å². The first-order chi connectivity index (χ1) is 20.8. The lowest BCUT2D eigenvalue weighted by Gasteiger charge is -2.18. The molecule has 0 radical (unpaired) electrons. The molecule has 0 unspecified atom stereocenters. The van der Waals surface area contributed by atoms with E-state index in [9.17, 15) is 13.2 Å². The number of methoxy groups -OCH3 is 1. The minimum atomic E-state index is -4.05. The fraction of sp³-hybridized carbons (Fsp3) is 0.452. The summed E-state index contributed by atoms with van der Waals surface area (Å²) < 4.78 is 49.0. The van der Waals surface area contributed by atoms with Crippen LogP contribution in [0.15, 0.2) is 46.1 Å². The summed E-state index contributed by atoms with van der Waals surface area (Å²) in [5.41, 5.74) is 1.36. The molecule has 2 aliphatic rings. The van der Waals surface area contributed by atoms with Gasteiger partial charge >= 0.3 is 0 Å². The molecular weight excluding hydrogens is 570 g/mol. The molecule has 2 N–H and O–H groups in total. The highest BCUT2D eigenvalue weighted by Gasteiger charge is 2.26. The zero-order valence-electron chi connectivity index (χ0n) is 24.7. The summed E-state index contributed by atoms with van der Waals surface area (Å²) in [4.78, 5) is 20.8. The minimum absolute atomic E-state index is 0.0133. The van der Waals surface area contributed by atoms with Crippen molar-refractivity contribution >= 4 is 21.2 Å². The molecule has 12 heteroatoms. The average Bonchev–Trinajstić information content (AvgIpc) is 3.76. The zero-order valence-corrected chi connectivity index (χ0v) is 25.5. The Kier molecular flexibility index (Phi) is 8.04. The molecule has 4 aromatic rings. The van der Waals surface area contributed by atoms with Crippen LogP contribution in [0, 0.1) is 6.92 Å². The number of nitrogens with one attached hydrogen (secondary N) is 2. The third kappa shape index (κ3) is 5.80. The van der Waals surface area contributed by atoms with Crippen LogP contribution in [-0.4, -0.2) is 47.8 Å². The van der Waals surface area contributed by atoms with E-state index >= 15 is 0 Å². The number of hydrogen-bond acceptors (Lipinski definition) is 8. The normalized spacial score (nSPS) is 16.2. The van der Waals surface area contributed by atoms with Gasteiger partial charge < -0.3 is 19.2 Å². The van der Waals surface area contributed by atoms with Gasteiger partial charge in [0.05, 0.1) is 41.7 Å². The van der Waals surface area contributed by atoms with Gasteiger partial charge in [-0.05, 0) is 82.7 Å². The largest absolute Gasteiger partial charge is 0.493 e. The van der Waals surface area contributed by atoms with E-state index in [1.165, 1.54) is 12.1 Å². The molecule has 0 aliphatic heterocycles. The Bertz CT molecular complexity index is 1800. The van der Waals surface area contributed by atoms with Gasteiger partial charge in [0, 0.05) is 12.0 Å². The van der Waals surface area contributed by atoms with E-state index in [2.05, 4.69) is 9.71 Å². The molecule has 0 amide bonds. The van der Waals surface area contributed by atoms with Crippen LogP contribution >= 0.6 is 0 Å². The Morgan fingerprint density at radius 2 is 1.72 bits per heavy atom. The van der Waals surface area contributed by atoms with E-state index in [1.54, 1.807) is 42.8 Å². The van der Waals surface area contributed by atoms with Crippen LogP contribution in [0.4, 0.5) is 5.69 Å². The second-order valence-corrected chi connectivity index (χ2v) is 12.9. The quantitative estimate of drug-likeness (QED) is 0.238. The molecule has 6 rings (SSSR count). The Labute approximate surface area is 250 Å². The average molecular weight is 608 g/mol. The van der Waals surface area contributed by atoms with Crippen molar-refractivity contribution < 1.29 is 22.6 Å². The predicted octanol–water partition coefficient (Wildman–Crippen LogP) is 5.58. The number of aromatic amines is 1. The van der Waals surface area contributed by atoms with Crippen molar-refractivity contribution in [3.05, 3.63) is 58.3 Å². The molecular formula is C31H37N5O6S. The third-order valence-corrected chi connectivity index (χ3v) is 9.63. The van der Waals surface area contributed by atoms with Crippen LogP contribution in [0.5, 0.6) is 17.2 Å². The summed E-state index contributed by atoms with van der Waals surface area (Å²) in [5.74, 6) is 2.61. The fourth-order valence-electron chi connectivity index (χ4n) is 6.14. The molecule has 0 spiro atoms. The number of ether oxygens (including phenoxy) is 3. The zero-order chi connectivity index (χ0) is 30.1. The van der Waals surface area contributed by atoms with Crippen molar-refractivity contribution in [2.45, 2.75) is 82.1 Å². The number of hydrogen-bond donors (Lipinski definition) is 2. The lowest BCUT2D eigenvalue weighted by atomic mass is 10.1.